The van der Waals surface area contributed by atoms with Gasteiger partial charge in [0.25, 0.3) is 5.95 Å². The molecule has 25 heavy (non-hydrogen) atoms. The van der Waals surface area contributed by atoms with E-state index < -0.39 is 0 Å². The van der Waals surface area contributed by atoms with Crippen molar-refractivity contribution in [1.29, 1.82) is 0 Å². The Morgan fingerprint density at radius 2 is 1.28 bits per heavy atom. The predicted molar refractivity (Wildman–Crippen MR) is 104 cm³/mol. The molecule has 3 nitrogen and oxygen atoms in total. The van der Waals surface area contributed by atoms with Crippen LogP contribution in [0.4, 0.5) is 0 Å². The zero-order valence-electron chi connectivity index (χ0n) is 16.3. The lowest BCUT2D eigenvalue weighted by atomic mass is 10.0. The van der Waals surface area contributed by atoms with Crippen molar-refractivity contribution in [3.8, 4) is 5.95 Å². The van der Waals surface area contributed by atoms with E-state index >= 15 is 0 Å². The van der Waals surface area contributed by atoms with Crippen LogP contribution < -0.4 is 4.74 Å². The highest BCUT2D eigenvalue weighted by molar-refractivity contribution is 5.71. The number of esters is 1. The second-order valence-electron chi connectivity index (χ2n) is 7.11. The first-order chi connectivity index (χ1) is 12.3. The van der Waals surface area contributed by atoms with Crippen LogP contribution in [0.5, 0.6) is 5.95 Å². The molecule has 0 unspecified atom stereocenters. The number of ether oxygens (including phenoxy) is 1. The minimum absolute atomic E-state index is 0.190. The highest BCUT2D eigenvalue weighted by Crippen LogP contribution is 2.15. The normalized spacial score (nSPS) is 10.9. The minimum atomic E-state index is -0.190. The van der Waals surface area contributed by atoms with Crippen LogP contribution in [0.3, 0.4) is 0 Å². The van der Waals surface area contributed by atoms with Crippen LogP contribution in [-0.2, 0) is 4.79 Å². The van der Waals surface area contributed by atoms with Gasteiger partial charge >= 0.3 is 5.97 Å². The summed E-state index contributed by atoms with van der Waals surface area (Å²) in [5.41, 5.74) is 0. The summed E-state index contributed by atoms with van der Waals surface area (Å²) in [5, 5.41) is 0. The van der Waals surface area contributed by atoms with E-state index in [1.54, 1.807) is 12.1 Å². The van der Waals surface area contributed by atoms with Crippen molar-refractivity contribution in [3.63, 3.8) is 0 Å². The monoisotopic (exact) mass is 350 g/mol. The summed E-state index contributed by atoms with van der Waals surface area (Å²) in [6, 6.07) is 3.38. The van der Waals surface area contributed by atoms with Gasteiger partial charge in [0.05, 0.1) is 6.26 Å². The molecule has 0 saturated carbocycles. The molecule has 0 bridgehead atoms. The molecule has 0 N–H and O–H groups in total. The molecular formula is C22H38O3. The number of rotatable bonds is 17. The maximum absolute atomic E-state index is 11.6. The predicted octanol–water partition coefficient (Wildman–Crippen LogP) is 7.45. The van der Waals surface area contributed by atoms with Gasteiger partial charge < -0.3 is 9.15 Å². The van der Waals surface area contributed by atoms with Gasteiger partial charge in [-0.05, 0) is 12.5 Å². The summed E-state index contributed by atoms with van der Waals surface area (Å²) in [4.78, 5) is 11.6. The molecular weight excluding hydrogens is 312 g/mol. The molecule has 0 aliphatic carbocycles. The van der Waals surface area contributed by atoms with E-state index in [4.69, 9.17) is 9.15 Å². The molecule has 144 valence electrons. The Balaban J connectivity index is 1.74. The van der Waals surface area contributed by atoms with Crippen LogP contribution in [0.25, 0.3) is 0 Å². The van der Waals surface area contributed by atoms with E-state index in [1.165, 1.54) is 89.7 Å². The average Bonchev–Trinajstić information content (AvgIpc) is 3.11. The standard InChI is InChI=1S/C22H38O3/c1-2-3-4-5-6-7-8-9-10-11-12-13-14-15-16-18-21(23)25-22-19-17-20-24-22/h17,19-20H,2-16,18H2,1H3. The first-order valence-electron chi connectivity index (χ1n) is 10.6. The number of unbranched alkanes of at least 4 members (excludes halogenated alkanes) is 14. The van der Waals surface area contributed by atoms with Crippen LogP contribution in [-0.4, -0.2) is 5.97 Å². The van der Waals surface area contributed by atoms with E-state index in [9.17, 15) is 4.79 Å². The van der Waals surface area contributed by atoms with Crippen molar-refractivity contribution >= 4 is 5.97 Å². The lowest BCUT2D eigenvalue weighted by Gasteiger charge is -2.03. The van der Waals surface area contributed by atoms with Crippen molar-refractivity contribution in [2.24, 2.45) is 0 Å². The quantitative estimate of drug-likeness (QED) is 0.216. The molecule has 0 aromatic carbocycles. The van der Waals surface area contributed by atoms with E-state index in [0.29, 0.717) is 12.4 Å². The van der Waals surface area contributed by atoms with E-state index in [1.807, 2.05) is 0 Å². The first kappa shape index (κ1) is 21.8. The van der Waals surface area contributed by atoms with Gasteiger partial charge in [0.1, 0.15) is 0 Å². The molecule has 1 rings (SSSR count). The molecule has 0 amide bonds. The van der Waals surface area contributed by atoms with Gasteiger partial charge in [0, 0.05) is 12.5 Å². The largest absolute Gasteiger partial charge is 0.434 e. The number of carbonyl (C=O) groups is 1. The third kappa shape index (κ3) is 13.7. The summed E-state index contributed by atoms with van der Waals surface area (Å²) in [6.45, 7) is 2.27. The summed E-state index contributed by atoms with van der Waals surface area (Å²) in [5.74, 6) is 0.107. The maximum Gasteiger partial charge on any atom is 0.313 e. The van der Waals surface area contributed by atoms with Crippen LogP contribution in [0.2, 0.25) is 0 Å². The number of furan rings is 1. The van der Waals surface area contributed by atoms with Crippen molar-refractivity contribution in [1.82, 2.24) is 0 Å². The zero-order chi connectivity index (χ0) is 18.0. The molecule has 1 heterocycles. The summed E-state index contributed by atoms with van der Waals surface area (Å²) < 4.78 is 10.1. The maximum atomic E-state index is 11.6. The first-order valence-corrected chi connectivity index (χ1v) is 10.6. The van der Waals surface area contributed by atoms with Gasteiger partial charge in [-0.2, -0.15) is 0 Å². The average molecular weight is 351 g/mol. The molecule has 0 fully saturated rings. The van der Waals surface area contributed by atoms with Crippen LogP contribution in [0.15, 0.2) is 22.8 Å². The van der Waals surface area contributed by atoms with Gasteiger partial charge in [0.2, 0.25) is 0 Å². The van der Waals surface area contributed by atoms with Crippen LogP contribution in [0.1, 0.15) is 110 Å². The highest BCUT2D eigenvalue weighted by atomic mass is 16.6. The Bertz CT molecular complexity index is 397. The smallest absolute Gasteiger partial charge is 0.313 e. The second-order valence-corrected chi connectivity index (χ2v) is 7.11. The topological polar surface area (TPSA) is 39.4 Å². The SMILES string of the molecule is CCCCCCCCCCCCCCCCCC(=O)Oc1ccco1. The van der Waals surface area contributed by atoms with Gasteiger partial charge in [0.15, 0.2) is 0 Å². The fraction of sp³-hybridized carbons (Fsp3) is 0.773. The molecule has 0 atom stereocenters. The molecule has 0 saturated heterocycles. The van der Waals surface area contributed by atoms with Crippen molar-refractivity contribution < 1.29 is 13.9 Å². The lowest BCUT2D eigenvalue weighted by Crippen LogP contribution is -2.06. The number of hydrogen-bond donors (Lipinski definition) is 0. The summed E-state index contributed by atoms with van der Waals surface area (Å²) >= 11 is 0. The van der Waals surface area contributed by atoms with Crippen molar-refractivity contribution in [2.45, 2.75) is 110 Å². The van der Waals surface area contributed by atoms with Gasteiger partial charge in [-0.25, -0.2) is 0 Å². The summed E-state index contributed by atoms with van der Waals surface area (Å²) in [7, 11) is 0. The van der Waals surface area contributed by atoms with Gasteiger partial charge in [-0.3, -0.25) is 4.79 Å². The molecule has 1 aromatic heterocycles. The highest BCUT2D eigenvalue weighted by Gasteiger charge is 2.05. The number of carbonyl (C=O) groups excluding carboxylic acids is 1. The van der Waals surface area contributed by atoms with Crippen LogP contribution in [0, 0.1) is 0 Å². The zero-order valence-corrected chi connectivity index (χ0v) is 16.3. The Morgan fingerprint density at radius 1 is 0.800 bits per heavy atom. The van der Waals surface area contributed by atoms with Crippen molar-refractivity contribution in [3.05, 3.63) is 18.4 Å². The lowest BCUT2D eigenvalue weighted by molar-refractivity contribution is -0.135. The molecule has 0 aliphatic rings. The van der Waals surface area contributed by atoms with E-state index in [2.05, 4.69) is 6.92 Å². The minimum Gasteiger partial charge on any atom is -0.434 e. The van der Waals surface area contributed by atoms with E-state index in [0.717, 1.165) is 12.8 Å². The van der Waals surface area contributed by atoms with Crippen LogP contribution >= 0.6 is 0 Å². The third-order valence-electron chi connectivity index (χ3n) is 4.69. The Morgan fingerprint density at radius 3 is 1.72 bits per heavy atom. The molecule has 1 aromatic rings. The Hall–Kier alpha value is -1.25. The fourth-order valence-electron chi connectivity index (χ4n) is 3.13. The molecule has 0 radical (unpaired) electrons. The third-order valence-corrected chi connectivity index (χ3v) is 4.69. The molecule has 3 heteroatoms. The number of hydrogen-bond acceptors (Lipinski definition) is 3. The summed E-state index contributed by atoms with van der Waals surface area (Å²) in [6.07, 6.45) is 22.0. The van der Waals surface area contributed by atoms with E-state index in [-0.39, 0.29) is 5.97 Å². The van der Waals surface area contributed by atoms with Gasteiger partial charge in [-0.1, -0.05) is 96.8 Å². The fourth-order valence-corrected chi connectivity index (χ4v) is 3.13. The second kappa shape index (κ2) is 16.2. The Labute approximate surface area is 154 Å². The Kier molecular flexibility index (Phi) is 14.1. The molecule has 0 aliphatic heterocycles. The molecule has 0 spiro atoms. The van der Waals surface area contributed by atoms with Gasteiger partial charge in [-0.15, -0.1) is 0 Å². The van der Waals surface area contributed by atoms with Crippen molar-refractivity contribution in [2.75, 3.05) is 0 Å².